The third-order valence-electron chi connectivity index (χ3n) is 1.42. The molecule has 10 heteroatoms. The Labute approximate surface area is 95.9 Å². The summed E-state index contributed by atoms with van der Waals surface area (Å²) in [5.41, 5.74) is 0. The van der Waals surface area contributed by atoms with Crippen molar-refractivity contribution in [3.63, 3.8) is 0 Å². The summed E-state index contributed by atoms with van der Waals surface area (Å²) in [5, 5.41) is 7.60. The van der Waals surface area contributed by atoms with Gasteiger partial charge in [0.25, 0.3) is 0 Å². The molecule has 0 unspecified atom stereocenters. The highest BCUT2D eigenvalue weighted by atomic mass is 19.4. The molecule has 0 aliphatic carbocycles. The molecule has 0 amide bonds. The number of alkyl halides is 8. The summed E-state index contributed by atoms with van der Waals surface area (Å²) in [6, 6.07) is 0. The Bertz CT molecular complexity index is 294. The van der Waals surface area contributed by atoms with Gasteiger partial charge in [-0.25, -0.2) is 13.6 Å². The van der Waals surface area contributed by atoms with Crippen molar-refractivity contribution < 1.29 is 45.0 Å². The predicted octanol–water partition coefficient (Wildman–Crippen LogP) is 3.43. The molecule has 0 aliphatic rings. The van der Waals surface area contributed by atoms with Crippen molar-refractivity contribution >= 4 is 5.97 Å². The van der Waals surface area contributed by atoms with Crippen LogP contribution in [-0.4, -0.2) is 35.3 Å². The van der Waals surface area contributed by atoms with Gasteiger partial charge in [-0.2, -0.15) is 26.3 Å². The van der Waals surface area contributed by atoms with Crippen molar-refractivity contribution in [2.75, 3.05) is 0 Å². The minimum absolute atomic E-state index is 0.552. The van der Waals surface area contributed by atoms with Gasteiger partial charge in [-0.15, -0.1) is 0 Å². The Hall–Kier alpha value is -1.35. The van der Waals surface area contributed by atoms with Crippen molar-refractivity contribution in [3.05, 3.63) is 12.7 Å². The number of hydrogen-bond acceptors (Lipinski definition) is 1. The summed E-state index contributed by atoms with van der Waals surface area (Å²) < 4.78 is 93.8. The first-order chi connectivity index (χ1) is 7.71. The van der Waals surface area contributed by atoms with Crippen molar-refractivity contribution in [3.8, 4) is 0 Å². The standard InChI is InChI=1S/C5H4F8.C3H4O2/c1-3(8,9)5(12,13)4(10,11)2(6)7;1-2-3(4)5/h2H,1H3;2H,1H2,(H,4,5). The Morgan fingerprint density at radius 2 is 1.44 bits per heavy atom. The molecule has 0 saturated carbocycles. The minimum Gasteiger partial charge on any atom is -0.478 e. The summed E-state index contributed by atoms with van der Waals surface area (Å²) in [6.45, 7) is 2.41. The number of carboxylic acid groups (broad SMARTS) is 1. The SMILES string of the molecule is C=CC(=O)O.CC(F)(F)C(F)(F)C(F)(F)C(F)F. The van der Waals surface area contributed by atoms with E-state index in [0.29, 0.717) is 0 Å². The molecule has 0 heterocycles. The van der Waals surface area contributed by atoms with E-state index in [1.807, 2.05) is 0 Å². The van der Waals surface area contributed by atoms with E-state index in [1.54, 1.807) is 0 Å². The second kappa shape index (κ2) is 6.01. The molecule has 2 nitrogen and oxygen atoms in total. The summed E-state index contributed by atoms with van der Waals surface area (Å²) in [7, 11) is 0. The molecule has 108 valence electrons. The Kier molecular flexibility index (Phi) is 6.34. The van der Waals surface area contributed by atoms with Crippen LogP contribution in [0.5, 0.6) is 0 Å². The van der Waals surface area contributed by atoms with Gasteiger partial charge in [0.15, 0.2) is 0 Å². The molecule has 0 aromatic heterocycles. The number of carbonyl (C=O) groups is 1. The zero-order valence-electron chi connectivity index (χ0n) is 8.74. The third-order valence-corrected chi connectivity index (χ3v) is 1.42. The highest BCUT2D eigenvalue weighted by Crippen LogP contribution is 2.47. The molecule has 0 aromatic carbocycles. The van der Waals surface area contributed by atoms with Crippen LogP contribution in [0.4, 0.5) is 35.1 Å². The van der Waals surface area contributed by atoms with Crippen LogP contribution in [0.2, 0.25) is 0 Å². The first kappa shape index (κ1) is 19.0. The van der Waals surface area contributed by atoms with Crippen LogP contribution < -0.4 is 0 Å². The molecule has 0 radical (unpaired) electrons. The van der Waals surface area contributed by atoms with Crippen molar-refractivity contribution in [1.29, 1.82) is 0 Å². The van der Waals surface area contributed by atoms with E-state index >= 15 is 0 Å². The van der Waals surface area contributed by atoms with E-state index in [4.69, 9.17) is 5.11 Å². The Morgan fingerprint density at radius 1 is 1.17 bits per heavy atom. The van der Waals surface area contributed by atoms with Crippen LogP contribution in [-0.2, 0) is 4.79 Å². The Morgan fingerprint density at radius 3 is 1.50 bits per heavy atom. The van der Waals surface area contributed by atoms with E-state index in [-0.39, 0.29) is 0 Å². The second-order valence-corrected chi connectivity index (χ2v) is 2.93. The third kappa shape index (κ3) is 4.49. The number of halogens is 8. The molecule has 0 aromatic rings. The fourth-order valence-electron chi connectivity index (χ4n) is 0.430. The maximum Gasteiger partial charge on any atom is 0.377 e. The lowest BCUT2D eigenvalue weighted by molar-refractivity contribution is -0.333. The van der Waals surface area contributed by atoms with E-state index in [2.05, 4.69) is 6.58 Å². The molecular formula is C8H8F8O2. The summed E-state index contributed by atoms with van der Waals surface area (Å²) in [6.07, 6.45) is -4.01. The average Bonchev–Trinajstić information content (AvgIpc) is 2.16. The van der Waals surface area contributed by atoms with Gasteiger partial charge in [-0.3, -0.25) is 0 Å². The number of aliphatic carboxylic acids is 1. The molecule has 0 bridgehead atoms. The molecule has 0 atom stereocenters. The van der Waals surface area contributed by atoms with E-state index in [1.165, 1.54) is 0 Å². The molecule has 0 saturated heterocycles. The van der Waals surface area contributed by atoms with Crippen LogP contribution in [0, 0.1) is 0 Å². The fraction of sp³-hybridized carbons (Fsp3) is 0.625. The average molecular weight is 288 g/mol. The van der Waals surface area contributed by atoms with Gasteiger partial charge in [-0.05, 0) is 0 Å². The highest BCUT2D eigenvalue weighted by Gasteiger charge is 2.73. The van der Waals surface area contributed by atoms with Gasteiger partial charge < -0.3 is 5.11 Å². The van der Waals surface area contributed by atoms with Crippen LogP contribution in [0.3, 0.4) is 0 Å². The predicted molar refractivity (Wildman–Crippen MR) is 44.4 cm³/mol. The van der Waals surface area contributed by atoms with E-state index in [0.717, 1.165) is 6.08 Å². The van der Waals surface area contributed by atoms with Crippen LogP contribution in [0.25, 0.3) is 0 Å². The maximum atomic E-state index is 12.0. The van der Waals surface area contributed by atoms with Gasteiger partial charge in [0, 0.05) is 13.0 Å². The van der Waals surface area contributed by atoms with Crippen LogP contribution in [0.1, 0.15) is 6.92 Å². The zero-order chi connectivity index (χ0) is 15.4. The van der Waals surface area contributed by atoms with Crippen molar-refractivity contribution in [2.24, 2.45) is 0 Å². The van der Waals surface area contributed by atoms with Gasteiger partial charge in [0.1, 0.15) is 0 Å². The van der Waals surface area contributed by atoms with Gasteiger partial charge in [0.05, 0.1) is 0 Å². The minimum atomic E-state index is -6.06. The molecule has 0 spiro atoms. The normalized spacial score (nSPS) is 12.8. The highest BCUT2D eigenvalue weighted by molar-refractivity contribution is 5.78. The fourth-order valence-corrected chi connectivity index (χ4v) is 0.430. The number of carboxylic acids is 1. The molecule has 0 aliphatic heterocycles. The molecule has 0 rings (SSSR count). The van der Waals surface area contributed by atoms with Gasteiger partial charge in [-0.1, -0.05) is 6.58 Å². The van der Waals surface area contributed by atoms with Gasteiger partial charge in [0.2, 0.25) is 0 Å². The number of rotatable bonds is 4. The van der Waals surface area contributed by atoms with E-state index < -0.39 is 37.1 Å². The number of hydrogen-bond donors (Lipinski definition) is 1. The second-order valence-electron chi connectivity index (χ2n) is 2.93. The first-order valence-corrected chi connectivity index (χ1v) is 3.98. The zero-order valence-corrected chi connectivity index (χ0v) is 8.74. The summed E-state index contributed by atoms with van der Waals surface area (Å²) in [5.74, 6) is -18.3. The van der Waals surface area contributed by atoms with Crippen LogP contribution in [0.15, 0.2) is 12.7 Å². The lowest BCUT2D eigenvalue weighted by atomic mass is 10.1. The summed E-state index contributed by atoms with van der Waals surface area (Å²) in [4.78, 5) is 9.25. The van der Waals surface area contributed by atoms with Crippen molar-refractivity contribution in [2.45, 2.75) is 31.1 Å². The first-order valence-electron chi connectivity index (χ1n) is 3.98. The quantitative estimate of drug-likeness (QED) is 0.635. The maximum absolute atomic E-state index is 12.0. The smallest absolute Gasteiger partial charge is 0.377 e. The van der Waals surface area contributed by atoms with Gasteiger partial charge >= 0.3 is 30.2 Å². The monoisotopic (exact) mass is 288 g/mol. The molecule has 0 fully saturated rings. The molecule has 18 heavy (non-hydrogen) atoms. The molecule has 1 N–H and O–H groups in total. The lowest BCUT2D eigenvalue weighted by Crippen LogP contribution is -2.56. The lowest BCUT2D eigenvalue weighted by Gasteiger charge is -2.29. The summed E-state index contributed by atoms with van der Waals surface area (Å²) >= 11 is 0. The Balaban J connectivity index is 0. The molecular weight excluding hydrogens is 280 g/mol. The van der Waals surface area contributed by atoms with Crippen LogP contribution >= 0.6 is 0 Å². The van der Waals surface area contributed by atoms with E-state index in [9.17, 15) is 39.9 Å². The largest absolute Gasteiger partial charge is 0.478 e. The van der Waals surface area contributed by atoms with Crippen molar-refractivity contribution in [1.82, 2.24) is 0 Å². The topological polar surface area (TPSA) is 37.3 Å².